The van der Waals surface area contributed by atoms with Crippen molar-refractivity contribution >= 4 is 6.09 Å². The summed E-state index contributed by atoms with van der Waals surface area (Å²) in [6.45, 7) is 8.32. The number of carbonyl (C=O) groups is 1. The van der Waals surface area contributed by atoms with Crippen molar-refractivity contribution in [3.63, 3.8) is 0 Å². The first-order valence-corrected chi connectivity index (χ1v) is 7.80. The van der Waals surface area contributed by atoms with Gasteiger partial charge in [0, 0.05) is 25.2 Å². The van der Waals surface area contributed by atoms with E-state index in [1.165, 1.54) is 6.42 Å². The molecular weight excluding hydrogens is 254 g/mol. The van der Waals surface area contributed by atoms with Crippen molar-refractivity contribution in [2.24, 2.45) is 11.7 Å². The van der Waals surface area contributed by atoms with Gasteiger partial charge in [-0.25, -0.2) is 4.79 Å². The van der Waals surface area contributed by atoms with Crippen LogP contribution >= 0.6 is 0 Å². The van der Waals surface area contributed by atoms with E-state index in [1.54, 1.807) is 0 Å². The Bertz CT molecular complexity index is 341. The Kier molecular flexibility index (Phi) is 4.91. The largest absolute Gasteiger partial charge is 0.444 e. The monoisotopic (exact) mass is 283 g/mol. The average molecular weight is 283 g/mol. The number of nitrogens with zero attached hydrogens (tertiary/aromatic N) is 1. The molecule has 0 aromatic carbocycles. The molecular formula is C15H29N3O2. The van der Waals surface area contributed by atoms with Gasteiger partial charge in [0.2, 0.25) is 0 Å². The summed E-state index contributed by atoms with van der Waals surface area (Å²) in [7, 11) is 0. The molecule has 1 heterocycles. The fourth-order valence-corrected chi connectivity index (χ4v) is 3.03. The molecule has 0 radical (unpaired) electrons. The van der Waals surface area contributed by atoms with Gasteiger partial charge in [0.05, 0.1) is 0 Å². The van der Waals surface area contributed by atoms with Gasteiger partial charge in [-0.05, 0) is 58.9 Å². The van der Waals surface area contributed by atoms with Crippen LogP contribution in [0, 0.1) is 5.92 Å². The van der Waals surface area contributed by atoms with Crippen LogP contribution in [0.5, 0.6) is 0 Å². The number of nitrogens with one attached hydrogen (secondary N) is 1. The summed E-state index contributed by atoms with van der Waals surface area (Å²) in [5, 5.41) is 3.60. The van der Waals surface area contributed by atoms with Gasteiger partial charge in [-0.3, -0.25) is 0 Å². The molecule has 0 aromatic heterocycles. The molecule has 3 N–H and O–H groups in total. The fourth-order valence-electron chi connectivity index (χ4n) is 3.03. The second kappa shape index (κ2) is 6.31. The fraction of sp³-hybridized carbons (Fsp3) is 0.933. The summed E-state index contributed by atoms with van der Waals surface area (Å²) in [5.41, 5.74) is 5.51. The van der Waals surface area contributed by atoms with Gasteiger partial charge in [0.25, 0.3) is 0 Å². The van der Waals surface area contributed by atoms with Crippen molar-refractivity contribution in [2.45, 2.75) is 64.1 Å². The predicted octanol–water partition coefficient (Wildman–Crippen LogP) is 1.71. The Morgan fingerprint density at radius 2 is 2.10 bits per heavy atom. The molecule has 3 atom stereocenters. The Morgan fingerprint density at radius 3 is 2.70 bits per heavy atom. The van der Waals surface area contributed by atoms with Gasteiger partial charge in [-0.2, -0.15) is 0 Å². The quantitative estimate of drug-likeness (QED) is 0.827. The molecule has 0 bridgehead atoms. The molecule has 3 unspecified atom stereocenters. The summed E-state index contributed by atoms with van der Waals surface area (Å²) in [6, 6.07) is 0.940. The second-order valence-corrected chi connectivity index (χ2v) is 7.26. The molecule has 20 heavy (non-hydrogen) atoms. The molecule has 2 rings (SSSR count). The minimum Gasteiger partial charge on any atom is -0.444 e. The first-order valence-electron chi connectivity index (χ1n) is 7.80. The van der Waals surface area contributed by atoms with Crippen molar-refractivity contribution in [3.05, 3.63) is 0 Å². The third-order valence-electron chi connectivity index (χ3n) is 4.11. The lowest BCUT2D eigenvalue weighted by molar-refractivity contribution is 0.0288. The summed E-state index contributed by atoms with van der Waals surface area (Å²) in [6.07, 6.45) is 4.28. The van der Waals surface area contributed by atoms with Gasteiger partial charge in [0.1, 0.15) is 5.60 Å². The van der Waals surface area contributed by atoms with E-state index in [2.05, 4.69) is 5.32 Å². The molecule has 1 aliphatic carbocycles. The van der Waals surface area contributed by atoms with Gasteiger partial charge in [-0.15, -0.1) is 0 Å². The average Bonchev–Trinajstić information content (AvgIpc) is 2.93. The van der Waals surface area contributed by atoms with Gasteiger partial charge < -0.3 is 20.7 Å². The number of rotatable bonds is 3. The van der Waals surface area contributed by atoms with Crippen LogP contribution in [0.1, 0.15) is 46.5 Å². The number of hydrogen-bond donors (Lipinski definition) is 2. The molecule has 2 aliphatic rings. The van der Waals surface area contributed by atoms with Gasteiger partial charge in [-0.1, -0.05) is 0 Å². The summed E-state index contributed by atoms with van der Waals surface area (Å²) in [4.78, 5) is 13.8. The molecule has 1 saturated heterocycles. The highest BCUT2D eigenvalue weighted by Gasteiger charge is 2.30. The second-order valence-electron chi connectivity index (χ2n) is 7.26. The number of hydrogen-bond acceptors (Lipinski definition) is 4. The highest BCUT2D eigenvalue weighted by molar-refractivity contribution is 5.68. The summed E-state index contributed by atoms with van der Waals surface area (Å²) >= 11 is 0. The maximum atomic E-state index is 12.0. The number of likely N-dealkylation sites (tertiary alicyclic amines) is 1. The molecule has 0 spiro atoms. The van der Waals surface area contributed by atoms with Gasteiger partial charge >= 0.3 is 6.09 Å². The maximum Gasteiger partial charge on any atom is 0.410 e. The number of carbonyl (C=O) groups excluding carboxylic acids is 1. The zero-order chi connectivity index (χ0) is 14.8. The lowest BCUT2D eigenvalue weighted by Crippen LogP contribution is -2.37. The standard InChI is InChI=1S/C15H29N3O2/c1-15(2,3)20-14(19)18-7-6-11(10-18)9-17-13-5-4-12(16)8-13/h11-13,17H,4-10,16H2,1-3H3. The van der Waals surface area contributed by atoms with E-state index in [0.717, 1.165) is 38.9 Å². The third kappa shape index (κ3) is 4.63. The molecule has 2 fully saturated rings. The first-order chi connectivity index (χ1) is 9.33. The smallest absolute Gasteiger partial charge is 0.410 e. The zero-order valence-corrected chi connectivity index (χ0v) is 13.0. The highest BCUT2D eigenvalue weighted by atomic mass is 16.6. The minimum absolute atomic E-state index is 0.178. The van der Waals surface area contributed by atoms with E-state index < -0.39 is 5.60 Å². The molecule has 1 saturated carbocycles. The van der Waals surface area contributed by atoms with E-state index in [-0.39, 0.29) is 6.09 Å². The normalized spacial score (nSPS) is 30.8. The van der Waals surface area contributed by atoms with E-state index >= 15 is 0 Å². The van der Waals surface area contributed by atoms with E-state index in [4.69, 9.17) is 10.5 Å². The van der Waals surface area contributed by atoms with Crippen LogP contribution in [0.4, 0.5) is 4.79 Å². The van der Waals surface area contributed by atoms with Crippen LogP contribution in [0.2, 0.25) is 0 Å². The SMILES string of the molecule is CC(C)(C)OC(=O)N1CCC(CNC2CCC(N)C2)C1. The summed E-state index contributed by atoms with van der Waals surface area (Å²) in [5.74, 6) is 0.541. The van der Waals surface area contributed by atoms with Crippen molar-refractivity contribution in [1.29, 1.82) is 0 Å². The van der Waals surface area contributed by atoms with Crippen molar-refractivity contribution in [2.75, 3.05) is 19.6 Å². The zero-order valence-electron chi connectivity index (χ0n) is 13.0. The number of ether oxygens (including phenoxy) is 1. The lowest BCUT2D eigenvalue weighted by Gasteiger charge is -2.24. The maximum absolute atomic E-state index is 12.0. The van der Waals surface area contributed by atoms with Gasteiger partial charge in [0.15, 0.2) is 0 Å². The Hall–Kier alpha value is -0.810. The Morgan fingerprint density at radius 1 is 1.35 bits per heavy atom. The number of nitrogens with two attached hydrogens (primary N) is 1. The van der Waals surface area contributed by atoms with Crippen LogP contribution in [0.25, 0.3) is 0 Å². The van der Waals surface area contributed by atoms with E-state index in [1.807, 2.05) is 25.7 Å². The van der Waals surface area contributed by atoms with Crippen LogP contribution in [-0.4, -0.2) is 48.3 Å². The highest BCUT2D eigenvalue weighted by Crippen LogP contribution is 2.21. The minimum atomic E-state index is -0.409. The first kappa shape index (κ1) is 15.6. The van der Waals surface area contributed by atoms with Crippen LogP contribution in [-0.2, 0) is 4.74 Å². The molecule has 0 aromatic rings. The molecule has 1 aliphatic heterocycles. The molecule has 5 nitrogen and oxygen atoms in total. The predicted molar refractivity (Wildman–Crippen MR) is 79.5 cm³/mol. The third-order valence-corrected chi connectivity index (χ3v) is 4.11. The molecule has 116 valence electrons. The Labute approximate surface area is 122 Å². The summed E-state index contributed by atoms with van der Waals surface area (Å²) < 4.78 is 5.41. The van der Waals surface area contributed by atoms with Crippen molar-refractivity contribution in [1.82, 2.24) is 10.2 Å². The Balaban J connectivity index is 1.68. The van der Waals surface area contributed by atoms with Crippen LogP contribution in [0.3, 0.4) is 0 Å². The van der Waals surface area contributed by atoms with Crippen molar-refractivity contribution in [3.8, 4) is 0 Å². The molecule has 1 amide bonds. The van der Waals surface area contributed by atoms with Crippen molar-refractivity contribution < 1.29 is 9.53 Å². The van der Waals surface area contributed by atoms with E-state index in [0.29, 0.717) is 18.0 Å². The van der Waals surface area contributed by atoms with Crippen LogP contribution < -0.4 is 11.1 Å². The topological polar surface area (TPSA) is 67.6 Å². The lowest BCUT2D eigenvalue weighted by atomic mass is 10.1. The number of amides is 1. The van der Waals surface area contributed by atoms with E-state index in [9.17, 15) is 4.79 Å². The van der Waals surface area contributed by atoms with Crippen LogP contribution in [0.15, 0.2) is 0 Å². The molecule has 5 heteroatoms.